The summed E-state index contributed by atoms with van der Waals surface area (Å²) in [5, 5.41) is 56.2. The fourth-order valence-electron chi connectivity index (χ4n) is 11.2. The molecule has 0 radical (unpaired) electrons. The standard InChI is InChI=1S/C31H50O7/c1-26(2)10-11-31(25(37)38-7)18(12-26)17-8-9-21-27(3)13-20(34)24(36)28(4,16-32)23(27)19(33)14-30(21,6)29(17,5)15-22(31)35/h8,18-24,32-36H,9-16H2,1-7H3/t18-,19+,20-,21+,22+,23+,24-,27+,28-,29+,30+,31+/m0/s1. The summed E-state index contributed by atoms with van der Waals surface area (Å²) < 4.78 is 5.35. The summed E-state index contributed by atoms with van der Waals surface area (Å²) in [6.45, 7) is 12.5. The molecule has 5 N–H and O–H groups in total. The Bertz CT molecular complexity index is 1020. The van der Waals surface area contributed by atoms with Gasteiger partial charge in [0.15, 0.2) is 0 Å². The fourth-order valence-corrected chi connectivity index (χ4v) is 11.2. The van der Waals surface area contributed by atoms with E-state index in [4.69, 9.17) is 4.74 Å². The van der Waals surface area contributed by atoms with Gasteiger partial charge in [0.25, 0.3) is 0 Å². The van der Waals surface area contributed by atoms with Crippen molar-refractivity contribution >= 4 is 5.97 Å². The molecule has 0 saturated heterocycles. The van der Waals surface area contributed by atoms with E-state index in [9.17, 15) is 30.3 Å². The minimum Gasteiger partial charge on any atom is -0.468 e. The molecule has 0 spiro atoms. The van der Waals surface area contributed by atoms with Crippen LogP contribution in [-0.4, -0.2) is 69.6 Å². The average molecular weight is 535 g/mol. The third kappa shape index (κ3) is 3.29. The van der Waals surface area contributed by atoms with Gasteiger partial charge in [0.2, 0.25) is 0 Å². The first-order valence-corrected chi connectivity index (χ1v) is 14.6. The second-order valence-electron chi connectivity index (χ2n) is 15.5. The van der Waals surface area contributed by atoms with Crippen molar-refractivity contribution in [3.05, 3.63) is 11.6 Å². The summed E-state index contributed by atoms with van der Waals surface area (Å²) in [5.41, 5.74) is -2.19. The first-order valence-electron chi connectivity index (χ1n) is 14.6. The van der Waals surface area contributed by atoms with Crippen LogP contribution in [0.3, 0.4) is 0 Å². The van der Waals surface area contributed by atoms with Crippen LogP contribution in [0, 0.1) is 50.2 Å². The highest BCUT2D eigenvalue weighted by Gasteiger charge is 2.73. The molecule has 12 atom stereocenters. The molecule has 0 aliphatic heterocycles. The van der Waals surface area contributed by atoms with Gasteiger partial charge in [-0.15, -0.1) is 0 Å². The number of hydrogen-bond donors (Lipinski definition) is 5. The molecule has 7 nitrogen and oxygen atoms in total. The molecule has 5 aliphatic rings. The first-order chi connectivity index (χ1) is 17.5. The van der Waals surface area contributed by atoms with Crippen LogP contribution in [0.2, 0.25) is 0 Å². The molecule has 0 aromatic carbocycles. The lowest BCUT2D eigenvalue weighted by atomic mass is 9.32. The van der Waals surface area contributed by atoms with Crippen molar-refractivity contribution in [2.75, 3.05) is 13.7 Å². The Morgan fingerprint density at radius 3 is 2.21 bits per heavy atom. The highest BCUT2D eigenvalue weighted by atomic mass is 16.5. The molecule has 0 aromatic heterocycles. The summed E-state index contributed by atoms with van der Waals surface area (Å²) >= 11 is 0. The van der Waals surface area contributed by atoms with E-state index in [0.717, 1.165) is 19.3 Å². The predicted octanol–water partition coefficient (Wildman–Crippen LogP) is 3.21. The zero-order valence-corrected chi connectivity index (χ0v) is 24.3. The van der Waals surface area contributed by atoms with E-state index in [-0.39, 0.29) is 35.7 Å². The molecular weight excluding hydrogens is 484 g/mol. The Balaban J connectivity index is 1.67. The van der Waals surface area contributed by atoms with Crippen LogP contribution in [0.5, 0.6) is 0 Å². The number of methoxy groups -OCH3 is 1. The Labute approximate surface area is 227 Å². The van der Waals surface area contributed by atoms with Gasteiger partial charge in [0, 0.05) is 11.3 Å². The third-order valence-electron chi connectivity index (χ3n) is 13.2. The molecule has 5 rings (SSSR count). The first kappa shape index (κ1) is 28.5. The number of carbonyl (C=O) groups excluding carboxylic acids is 1. The molecule has 216 valence electrons. The lowest BCUT2D eigenvalue weighted by molar-refractivity contribution is -0.276. The normalized spacial score (nSPS) is 55.5. The van der Waals surface area contributed by atoms with Gasteiger partial charge in [0.05, 0.1) is 38.1 Å². The number of esters is 1. The Hall–Kier alpha value is -0.990. The van der Waals surface area contributed by atoms with E-state index < -0.39 is 51.5 Å². The molecule has 7 heteroatoms. The Morgan fingerprint density at radius 1 is 0.947 bits per heavy atom. The lowest BCUT2D eigenvalue weighted by Crippen LogP contribution is -2.72. The van der Waals surface area contributed by atoms with Crippen molar-refractivity contribution in [2.45, 2.75) is 111 Å². The van der Waals surface area contributed by atoms with Gasteiger partial charge in [-0.05, 0) is 78.4 Å². The quantitative estimate of drug-likeness (QED) is 0.272. The van der Waals surface area contributed by atoms with Gasteiger partial charge in [-0.1, -0.05) is 53.2 Å². The second-order valence-corrected chi connectivity index (χ2v) is 15.5. The second kappa shape index (κ2) is 8.51. The number of carbonyl (C=O) groups is 1. The molecule has 0 aromatic rings. The summed E-state index contributed by atoms with van der Waals surface area (Å²) in [5.74, 6) is -0.792. The molecule has 0 amide bonds. The Kier molecular flexibility index (Phi) is 6.39. The van der Waals surface area contributed by atoms with E-state index >= 15 is 0 Å². The highest BCUT2D eigenvalue weighted by molar-refractivity contribution is 5.79. The van der Waals surface area contributed by atoms with Gasteiger partial charge < -0.3 is 30.3 Å². The number of aliphatic hydroxyl groups is 5. The highest BCUT2D eigenvalue weighted by Crippen LogP contribution is 2.75. The molecular formula is C31H50O7. The Morgan fingerprint density at radius 2 is 1.61 bits per heavy atom. The van der Waals surface area contributed by atoms with Crippen LogP contribution in [0.1, 0.15) is 86.5 Å². The maximum Gasteiger partial charge on any atom is 0.315 e. The number of allylic oxidation sites excluding steroid dienone is 2. The van der Waals surface area contributed by atoms with Gasteiger partial charge in [-0.2, -0.15) is 0 Å². The summed E-state index contributed by atoms with van der Waals surface area (Å²) in [4.78, 5) is 13.4. The maximum atomic E-state index is 13.4. The van der Waals surface area contributed by atoms with E-state index in [0.29, 0.717) is 25.7 Å². The van der Waals surface area contributed by atoms with Crippen LogP contribution in [0.25, 0.3) is 0 Å². The smallest absolute Gasteiger partial charge is 0.315 e. The van der Waals surface area contributed by atoms with Crippen molar-refractivity contribution in [3.63, 3.8) is 0 Å². The summed E-state index contributed by atoms with van der Waals surface area (Å²) in [6.07, 6.45) is 2.73. The van der Waals surface area contributed by atoms with Crippen LogP contribution >= 0.6 is 0 Å². The van der Waals surface area contributed by atoms with Crippen LogP contribution < -0.4 is 0 Å². The number of aliphatic hydroxyl groups excluding tert-OH is 5. The molecule has 0 unspecified atom stereocenters. The maximum absolute atomic E-state index is 13.4. The van der Waals surface area contributed by atoms with Crippen LogP contribution in [0.15, 0.2) is 11.6 Å². The molecule has 4 saturated carbocycles. The van der Waals surface area contributed by atoms with E-state index in [1.165, 1.54) is 12.7 Å². The minimum absolute atomic E-state index is 0.0223. The van der Waals surface area contributed by atoms with E-state index in [2.05, 4.69) is 40.7 Å². The lowest BCUT2D eigenvalue weighted by Gasteiger charge is -2.72. The zero-order valence-electron chi connectivity index (χ0n) is 24.3. The molecule has 0 heterocycles. The number of ether oxygens (including phenoxy) is 1. The van der Waals surface area contributed by atoms with Gasteiger partial charge >= 0.3 is 5.97 Å². The van der Waals surface area contributed by atoms with Crippen LogP contribution in [-0.2, 0) is 9.53 Å². The van der Waals surface area contributed by atoms with Crippen molar-refractivity contribution in [1.29, 1.82) is 0 Å². The van der Waals surface area contributed by atoms with Crippen molar-refractivity contribution in [3.8, 4) is 0 Å². The van der Waals surface area contributed by atoms with Crippen LogP contribution in [0.4, 0.5) is 0 Å². The zero-order chi connectivity index (χ0) is 28.3. The topological polar surface area (TPSA) is 127 Å². The van der Waals surface area contributed by atoms with E-state index in [1.807, 2.05) is 0 Å². The SMILES string of the molecule is COC(=O)[C@]12CCC(C)(C)C[C@H]1C1=CC[C@@H]3[C@@]4(C)C[C@H](O)[C@H](O)[C@@](C)(CO)[C@@H]4[C@H](O)C[C@@]3(C)[C@]1(C)C[C@H]2O. The molecule has 38 heavy (non-hydrogen) atoms. The van der Waals surface area contributed by atoms with Crippen molar-refractivity contribution < 1.29 is 35.1 Å². The van der Waals surface area contributed by atoms with Crippen molar-refractivity contribution in [2.24, 2.45) is 50.2 Å². The predicted molar refractivity (Wildman–Crippen MR) is 143 cm³/mol. The largest absolute Gasteiger partial charge is 0.468 e. The number of hydrogen-bond acceptors (Lipinski definition) is 7. The van der Waals surface area contributed by atoms with Crippen molar-refractivity contribution in [1.82, 2.24) is 0 Å². The minimum atomic E-state index is -1.11. The van der Waals surface area contributed by atoms with Gasteiger partial charge in [-0.3, -0.25) is 4.79 Å². The summed E-state index contributed by atoms with van der Waals surface area (Å²) in [7, 11) is 1.42. The molecule has 0 bridgehead atoms. The summed E-state index contributed by atoms with van der Waals surface area (Å²) in [6, 6.07) is 0. The van der Waals surface area contributed by atoms with E-state index in [1.54, 1.807) is 6.92 Å². The molecule has 5 aliphatic carbocycles. The fraction of sp³-hybridized carbons (Fsp3) is 0.903. The van der Waals surface area contributed by atoms with Gasteiger partial charge in [-0.25, -0.2) is 0 Å². The monoisotopic (exact) mass is 534 g/mol. The van der Waals surface area contributed by atoms with Gasteiger partial charge in [0.1, 0.15) is 5.41 Å². The number of fused-ring (bicyclic) bond motifs is 7. The number of rotatable bonds is 2. The molecule has 4 fully saturated rings. The third-order valence-corrected chi connectivity index (χ3v) is 13.2. The average Bonchev–Trinajstić information content (AvgIpc) is 2.82.